The van der Waals surface area contributed by atoms with Crippen molar-refractivity contribution in [3.8, 4) is 0 Å². The number of halogens is 1. The number of carbonyl (C=O) groups excluding carboxylic acids is 1. The summed E-state index contributed by atoms with van der Waals surface area (Å²) in [6.45, 7) is 0. The van der Waals surface area contributed by atoms with Crippen LogP contribution in [0.15, 0.2) is 0 Å². The first-order chi connectivity index (χ1) is 5.81. The first kappa shape index (κ1) is 10.8. The standard InChI is InChI=1S/C9H16N2O.ClH/c12-8-4-7-9(11-10-8)5-2-1-3-6-9;/h11H,1-7H2,(H,10,12);1H. The zero-order chi connectivity index (χ0) is 8.44. The third kappa shape index (κ3) is 2.35. The molecule has 1 aliphatic heterocycles. The monoisotopic (exact) mass is 204 g/mol. The van der Waals surface area contributed by atoms with E-state index in [2.05, 4.69) is 10.9 Å². The fraction of sp³-hybridized carbons (Fsp3) is 0.889. The van der Waals surface area contributed by atoms with Gasteiger partial charge in [-0.15, -0.1) is 12.4 Å². The van der Waals surface area contributed by atoms with Crippen LogP contribution < -0.4 is 10.9 Å². The second-order valence-electron chi connectivity index (χ2n) is 4.01. The third-order valence-corrected chi connectivity index (χ3v) is 3.11. The van der Waals surface area contributed by atoms with Crippen molar-refractivity contribution in [1.82, 2.24) is 10.9 Å². The molecule has 1 spiro atoms. The smallest absolute Gasteiger partial charge is 0.234 e. The normalized spacial score (nSPS) is 26.3. The average Bonchev–Trinajstić information content (AvgIpc) is 2.13. The van der Waals surface area contributed by atoms with Crippen molar-refractivity contribution in [1.29, 1.82) is 0 Å². The summed E-state index contributed by atoms with van der Waals surface area (Å²) in [6, 6.07) is 0. The first-order valence-electron chi connectivity index (χ1n) is 4.87. The maximum atomic E-state index is 10.9. The quantitative estimate of drug-likeness (QED) is 0.629. The van der Waals surface area contributed by atoms with Crippen molar-refractivity contribution >= 4 is 18.3 Å². The number of rotatable bonds is 0. The van der Waals surface area contributed by atoms with Gasteiger partial charge in [-0.1, -0.05) is 19.3 Å². The van der Waals surface area contributed by atoms with Crippen LogP contribution in [0.3, 0.4) is 0 Å². The highest BCUT2D eigenvalue weighted by atomic mass is 35.5. The molecule has 0 unspecified atom stereocenters. The van der Waals surface area contributed by atoms with Crippen molar-refractivity contribution in [3.05, 3.63) is 0 Å². The van der Waals surface area contributed by atoms with Crippen molar-refractivity contribution < 1.29 is 4.79 Å². The molecule has 1 amide bonds. The highest BCUT2D eigenvalue weighted by molar-refractivity contribution is 5.85. The minimum Gasteiger partial charge on any atom is -0.291 e. The molecular weight excluding hydrogens is 188 g/mol. The summed E-state index contributed by atoms with van der Waals surface area (Å²) in [5, 5.41) is 0. The van der Waals surface area contributed by atoms with Gasteiger partial charge in [0.1, 0.15) is 0 Å². The van der Waals surface area contributed by atoms with Gasteiger partial charge >= 0.3 is 0 Å². The Hall–Kier alpha value is -0.280. The fourth-order valence-corrected chi connectivity index (χ4v) is 2.28. The Morgan fingerprint density at radius 3 is 2.31 bits per heavy atom. The minimum atomic E-state index is 0. The van der Waals surface area contributed by atoms with Gasteiger partial charge in [0.05, 0.1) is 0 Å². The molecule has 1 saturated heterocycles. The zero-order valence-corrected chi connectivity index (χ0v) is 8.58. The van der Waals surface area contributed by atoms with E-state index in [9.17, 15) is 4.79 Å². The number of hydrazine groups is 1. The molecule has 1 aliphatic carbocycles. The summed E-state index contributed by atoms with van der Waals surface area (Å²) in [7, 11) is 0. The molecule has 2 N–H and O–H groups in total. The van der Waals surface area contributed by atoms with Crippen molar-refractivity contribution in [2.45, 2.75) is 50.5 Å². The lowest BCUT2D eigenvalue weighted by Gasteiger charge is -2.41. The fourth-order valence-electron chi connectivity index (χ4n) is 2.28. The first-order valence-corrected chi connectivity index (χ1v) is 4.87. The molecule has 1 heterocycles. The lowest BCUT2D eigenvalue weighted by Crippen LogP contribution is -2.59. The van der Waals surface area contributed by atoms with Crippen molar-refractivity contribution in [2.24, 2.45) is 0 Å². The highest BCUT2D eigenvalue weighted by Gasteiger charge is 2.35. The van der Waals surface area contributed by atoms with Crippen LogP contribution in [0.4, 0.5) is 0 Å². The van der Waals surface area contributed by atoms with Gasteiger partial charge in [-0.3, -0.25) is 10.2 Å². The van der Waals surface area contributed by atoms with Gasteiger partial charge < -0.3 is 0 Å². The SMILES string of the molecule is Cl.O=C1CCC2(CCCCC2)NN1. The molecule has 0 aromatic heterocycles. The molecule has 2 rings (SSSR count). The van der Waals surface area contributed by atoms with Gasteiger partial charge in [-0.05, 0) is 19.3 Å². The van der Waals surface area contributed by atoms with Crippen molar-refractivity contribution in [2.75, 3.05) is 0 Å². The Morgan fingerprint density at radius 1 is 1.08 bits per heavy atom. The molecule has 2 fully saturated rings. The van der Waals surface area contributed by atoms with Crippen LogP contribution in [0.25, 0.3) is 0 Å². The maximum Gasteiger partial charge on any atom is 0.234 e. The van der Waals surface area contributed by atoms with E-state index >= 15 is 0 Å². The lowest BCUT2D eigenvalue weighted by molar-refractivity contribution is -0.126. The molecule has 0 bridgehead atoms. The van der Waals surface area contributed by atoms with E-state index in [0.717, 1.165) is 6.42 Å². The van der Waals surface area contributed by atoms with E-state index < -0.39 is 0 Å². The number of nitrogens with one attached hydrogen (secondary N) is 2. The number of amides is 1. The molecule has 13 heavy (non-hydrogen) atoms. The predicted octanol–water partition coefficient (Wildman–Crippen LogP) is 1.53. The zero-order valence-electron chi connectivity index (χ0n) is 7.77. The molecule has 2 aliphatic rings. The van der Waals surface area contributed by atoms with Crippen LogP contribution in [0.2, 0.25) is 0 Å². The predicted molar refractivity (Wildman–Crippen MR) is 53.6 cm³/mol. The van der Waals surface area contributed by atoms with Gasteiger partial charge in [-0.2, -0.15) is 0 Å². The number of carbonyl (C=O) groups is 1. The van der Waals surface area contributed by atoms with E-state index in [4.69, 9.17) is 0 Å². The Labute approximate surface area is 85.0 Å². The van der Waals surface area contributed by atoms with E-state index in [1.54, 1.807) is 0 Å². The summed E-state index contributed by atoms with van der Waals surface area (Å²) in [4.78, 5) is 10.9. The highest BCUT2D eigenvalue weighted by Crippen LogP contribution is 2.32. The number of hydrogen-bond donors (Lipinski definition) is 2. The summed E-state index contributed by atoms with van der Waals surface area (Å²) in [5.74, 6) is 0.145. The molecule has 4 heteroatoms. The van der Waals surface area contributed by atoms with Crippen LogP contribution in [-0.2, 0) is 4.79 Å². The van der Waals surface area contributed by atoms with E-state index in [1.807, 2.05) is 0 Å². The average molecular weight is 205 g/mol. The summed E-state index contributed by atoms with van der Waals surface area (Å²) < 4.78 is 0. The molecule has 0 atom stereocenters. The molecule has 0 aromatic carbocycles. The second kappa shape index (κ2) is 4.29. The van der Waals surface area contributed by atoms with Crippen LogP contribution in [0.1, 0.15) is 44.9 Å². The second-order valence-corrected chi connectivity index (χ2v) is 4.01. The van der Waals surface area contributed by atoms with E-state index in [-0.39, 0.29) is 23.9 Å². The topological polar surface area (TPSA) is 41.1 Å². The van der Waals surface area contributed by atoms with Crippen LogP contribution in [-0.4, -0.2) is 11.4 Å². The minimum absolute atomic E-state index is 0. The molecule has 76 valence electrons. The van der Waals surface area contributed by atoms with Gasteiger partial charge in [0.25, 0.3) is 0 Å². The van der Waals surface area contributed by atoms with Gasteiger partial charge in [-0.25, -0.2) is 5.43 Å². The lowest BCUT2D eigenvalue weighted by atomic mass is 9.78. The van der Waals surface area contributed by atoms with Crippen LogP contribution in [0.5, 0.6) is 0 Å². The van der Waals surface area contributed by atoms with Crippen LogP contribution in [0, 0.1) is 0 Å². The Morgan fingerprint density at radius 2 is 1.77 bits per heavy atom. The largest absolute Gasteiger partial charge is 0.291 e. The van der Waals surface area contributed by atoms with Crippen LogP contribution >= 0.6 is 12.4 Å². The molecule has 0 aromatic rings. The van der Waals surface area contributed by atoms with Gasteiger partial charge in [0.2, 0.25) is 5.91 Å². The molecule has 0 radical (unpaired) electrons. The third-order valence-electron chi connectivity index (χ3n) is 3.11. The maximum absolute atomic E-state index is 10.9. The van der Waals surface area contributed by atoms with E-state index in [0.29, 0.717) is 6.42 Å². The summed E-state index contributed by atoms with van der Waals surface area (Å²) in [5.41, 5.74) is 6.19. The molecule has 3 nitrogen and oxygen atoms in total. The van der Waals surface area contributed by atoms with Gasteiger partial charge in [0.15, 0.2) is 0 Å². The summed E-state index contributed by atoms with van der Waals surface area (Å²) >= 11 is 0. The molecular formula is C9H17ClN2O. The Bertz CT molecular complexity index is 178. The summed E-state index contributed by atoms with van der Waals surface area (Å²) in [6.07, 6.45) is 8.16. The number of hydrogen-bond acceptors (Lipinski definition) is 2. The Kier molecular flexibility index (Phi) is 3.56. The van der Waals surface area contributed by atoms with Crippen molar-refractivity contribution in [3.63, 3.8) is 0 Å². The van der Waals surface area contributed by atoms with Gasteiger partial charge in [0, 0.05) is 12.0 Å². The van der Waals surface area contributed by atoms with E-state index in [1.165, 1.54) is 32.1 Å². The Balaban J connectivity index is 0.000000845. The molecule has 1 saturated carbocycles.